The third-order valence-electron chi connectivity index (χ3n) is 2.63. The summed E-state index contributed by atoms with van der Waals surface area (Å²) in [6.45, 7) is 2.09. The third kappa shape index (κ3) is 3.71. The number of hydrogen-bond donors (Lipinski definition) is 1. The summed E-state index contributed by atoms with van der Waals surface area (Å²) >= 11 is 0. The van der Waals surface area contributed by atoms with Crippen LogP contribution >= 0.6 is 0 Å². The van der Waals surface area contributed by atoms with Crippen LogP contribution in [0.5, 0.6) is 0 Å². The summed E-state index contributed by atoms with van der Waals surface area (Å²) in [4.78, 5) is 19.6. The van der Waals surface area contributed by atoms with Crippen LogP contribution in [0.2, 0.25) is 0 Å². The second-order valence-corrected chi connectivity index (χ2v) is 4.12. The normalized spacial score (nSPS) is 10.7. The van der Waals surface area contributed by atoms with E-state index in [2.05, 4.69) is 15.3 Å². The van der Waals surface area contributed by atoms with Crippen molar-refractivity contribution in [2.45, 2.75) is 13.5 Å². The zero-order chi connectivity index (χ0) is 14.4. The number of nitrogens with one attached hydrogen (secondary N) is 1. The van der Waals surface area contributed by atoms with Gasteiger partial charge in [0, 0.05) is 5.56 Å². The van der Waals surface area contributed by atoms with E-state index in [0.717, 1.165) is 5.56 Å². The maximum Gasteiger partial charge on any atom is 0.243 e. The van der Waals surface area contributed by atoms with Crippen LogP contribution in [0.25, 0.3) is 11.3 Å². The van der Waals surface area contributed by atoms with Gasteiger partial charge in [-0.25, -0.2) is 14.4 Å². The molecule has 0 aliphatic rings. The molecule has 4 nitrogen and oxygen atoms in total. The molecule has 1 aromatic carbocycles. The van der Waals surface area contributed by atoms with Crippen LogP contribution < -0.4 is 5.32 Å². The van der Waals surface area contributed by atoms with E-state index in [1.807, 2.05) is 0 Å². The van der Waals surface area contributed by atoms with Crippen molar-refractivity contribution in [2.75, 3.05) is 0 Å². The number of hydrogen-bond acceptors (Lipinski definition) is 3. The van der Waals surface area contributed by atoms with E-state index in [4.69, 9.17) is 0 Å². The molecule has 1 aromatic heterocycles. The molecule has 1 heterocycles. The minimum absolute atomic E-state index is 0.172. The minimum atomic E-state index is -0.290. The standard InChI is InChI=1S/C15H14FN3O/c1-2-3-15(20)17-9-13-8-14(19-10-18-13)11-4-6-12(16)7-5-11/h2-8,10H,9H2,1H3,(H,17,20)/b3-2+. The molecule has 0 atom stereocenters. The van der Waals surface area contributed by atoms with Crippen LogP contribution in [-0.2, 0) is 11.3 Å². The third-order valence-corrected chi connectivity index (χ3v) is 2.63. The first-order valence-corrected chi connectivity index (χ1v) is 6.16. The smallest absolute Gasteiger partial charge is 0.243 e. The Bertz CT molecular complexity index is 623. The lowest BCUT2D eigenvalue weighted by Crippen LogP contribution is -2.20. The molecule has 0 saturated carbocycles. The van der Waals surface area contributed by atoms with E-state index in [-0.39, 0.29) is 11.7 Å². The number of carbonyl (C=O) groups is 1. The molecule has 0 unspecified atom stereocenters. The maximum absolute atomic E-state index is 12.9. The molecule has 0 aliphatic carbocycles. The van der Waals surface area contributed by atoms with Gasteiger partial charge in [0.15, 0.2) is 0 Å². The highest BCUT2D eigenvalue weighted by Gasteiger charge is 2.03. The van der Waals surface area contributed by atoms with Gasteiger partial charge in [-0.05, 0) is 43.3 Å². The molecule has 0 bridgehead atoms. The summed E-state index contributed by atoms with van der Waals surface area (Å²) in [6.07, 6.45) is 4.54. The van der Waals surface area contributed by atoms with E-state index in [9.17, 15) is 9.18 Å². The second-order valence-electron chi connectivity index (χ2n) is 4.12. The fourth-order valence-corrected chi connectivity index (χ4v) is 1.66. The Morgan fingerprint density at radius 3 is 2.75 bits per heavy atom. The fraction of sp³-hybridized carbons (Fsp3) is 0.133. The molecule has 0 radical (unpaired) electrons. The lowest BCUT2D eigenvalue weighted by Gasteiger charge is -2.04. The lowest BCUT2D eigenvalue weighted by atomic mass is 10.1. The first kappa shape index (κ1) is 13.9. The van der Waals surface area contributed by atoms with Crippen LogP contribution in [0.4, 0.5) is 4.39 Å². The summed E-state index contributed by atoms with van der Waals surface area (Å²) in [5.41, 5.74) is 2.18. The Balaban J connectivity index is 2.11. The van der Waals surface area contributed by atoms with Gasteiger partial charge < -0.3 is 5.32 Å². The monoisotopic (exact) mass is 271 g/mol. The Morgan fingerprint density at radius 2 is 2.05 bits per heavy atom. The fourth-order valence-electron chi connectivity index (χ4n) is 1.66. The lowest BCUT2D eigenvalue weighted by molar-refractivity contribution is -0.116. The molecule has 1 amide bonds. The van der Waals surface area contributed by atoms with Crippen LogP contribution in [0.3, 0.4) is 0 Å². The van der Waals surface area contributed by atoms with Crippen molar-refractivity contribution in [3.05, 3.63) is 60.3 Å². The molecule has 2 rings (SSSR count). The van der Waals surface area contributed by atoms with E-state index < -0.39 is 0 Å². The van der Waals surface area contributed by atoms with Crippen molar-refractivity contribution in [3.63, 3.8) is 0 Å². The molecule has 1 N–H and O–H groups in total. The average Bonchev–Trinajstić information content (AvgIpc) is 2.47. The highest BCUT2D eigenvalue weighted by atomic mass is 19.1. The van der Waals surface area contributed by atoms with Crippen molar-refractivity contribution in [2.24, 2.45) is 0 Å². The Kier molecular flexibility index (Phi) is 4.55. The summed E-state index contributed by atoms with van der Waals surface area (Å²) in [5.74, 6) is -0.462. The number of halogens is 1. The number of rotatable bonds is 4. The predicted molar refractivity (Wildman–Crippen MR) is 74.1 cm³/mol. The molecule has 5 heteroatoms. The van der Waals surface area contributed by atoms with Gasteiger partial charge in [-0.1, -0.05) is 6.08 Å². The Hall–Kier alpha value is -2.56. The molecule has 20 heavy (non-hydrogen) atoms. The largest absolute Gasteiger partial charge is 0.347 e. The number of benzene rings is 1. The van der Waals surface area contributed by atoms with Gasteiger partial charge >= 0.3 is 0 Å². The molecule has 0 saturated heterocycles. The molecular formula is C15H14FN3O. The topological polar surface area (TPSA) is 54.9 Å². The van der Waals surface area contributed by atoms with Gasteiger partial charge in [0.1, 0.15) is 12.1 Å². The molecule has 0 spiro atoms. The van der Waals surface area contributed by atoms with Gasteiger partial charge in [-0.2, -0.15) is 0 Å². The van der Waals surface area contributed by atoms with Crippen molar-refractivity contribution in [3.8, 4) is 11.3 Å². The van der Waals surface area contributed by atoms with Crippen molar-refractivity contribution in [1.29, 1.82) is 0 Å². The second kappa shape index (κ2) is 6.56. The summed E-state index contributed by atoms with van der Waals surface area (Å²) in [6, 6.07) is 7.83. The minimum Gasteiger partial charge on any atom is -0.347 e. The number of aromatic nitrogens is 2. The number of nitrogens with zero attached hydrogens (tertiary/aromatic N) is 2. The zero-order valence-electron chi connectivity index (χ0n) is 11.0. The van der Waals surface area contributed by atoms with Crippen molar-refractivity contribution in [1.82, 2.24) is 15.3 Å². The summed E-state index contributed by atoms with van der Waals surface area (Å²) in [5, 5.41) is 2.71. The van der Waals surface area contributed by atoms with E-state index in [0.29, 0.717) is 17.9 Å². The quantitative estimate of drug-likeness (QED) is 0.869. The van der Waals surface area contributed by atoms with Crippen molar-refractivity contribution >= 4 is 5.91 Å². The van der Waals surface area contributed by atoms with Crippen LogP contribution in [0.1, 0.15) is 12.6 Å². The molecule has 102 valence electrons. The van der Waals surface area contributed by atoms with Crippen LogP contribution in [0.15, 0.2) is 48.8 Å². The average molecular weight is 271 g/mol. The van der Waals surface area contributed by atoms with Crippen LogP contribution in [-0.4, -0.2) is 15.9 Å². The first-order valence-electron chi connectivity index (χ1n) is 6.16. The van der Waals surface area contributed by atoms with E-state index >= 15 is 0 Å². The number of allylic oxidation sites excluding steroid dienone is 1. The molecule has 0 fully saturated rings. The number of amides is 1. The Morgan fingerprint density at radius 1 is 1.30 bits per heavy atom. The van der Waals surface area contributed by atoms with Gasteiger partial charge in [-0.3, -0.25) is 4.79 Å². The SMILES string of the molecule is C/C=C/C(=O)NCc1cc(-c2ccc(F)cc2)ncn1. The summed E-state index contributed by atoms with van der Waals surface area (Å²) < 4.78 is 12.9. The Labute approximate surface area is 116 Å². The van der Waals surface area contributed by atoms with Crippen LogP contribution in [0, 0.1) is 5.82 Å². The molecule has 2 aromatic rings. The number of carbonyl (C=O) groups excluding carboxylic acids is 1. The van der Waals surface area contributed by atoms with Gasteiger partial charge in [0.05, 0.1) is 17.9 Å². The van der Waals surface area contributed by atoms with Crippen molar-refractivity contribution < 1.29 is 9.18 Å². The van der Waals surface area contributed by atoms with Gasteiger partial charge in [0.2, 0.25) is 5.91 Å². The highest BCUT2D eigenvalue weighted by molar-refractivity contribution is 5.87. The molecule has 0 aliphatic heterocycles. The maximum atomic E-state index is 12.9. The first-order chi connectivity index (χ1) is 9.69. The van der Waals surface area contributed by atoms with E-state index in [1.165, 1.54) is 24.5 Å². The summed E-state index contributed by atoms with van der Waals surface area (Å²) in [7, 11) is 0. The predicted octanol–water partition coefficient (Wildman–Crippen LogP) is 2.48. The molecular weight excluding hydrogens is 257 g/mol. The van der Waals surface area contributed by atoms with Gasteiger partial charge in [-0.15, -0.1) is 0 Å². The highest BCUT2D eigenvalue weighted by Crippen LogP contribution is 2.17. The van der Waals surface area contributed by atoms with Gasteiger partial charge in [0.25, 0.3) is 0 Å². The zero-order valence-corrected chi connectivity index (χ0v) is 11.0. The van der Waals surface area contributed by atoms with E-state index in [1.54, 1.807) is 31.2 Å².